The van der Waals surface area contributed by atoms with E-state index in [1.807, 2.05) is 6.92 Å². The lowest BCUT2D eigenvalue weighted by molar-refractivity contribution is -0.384. The van der Waals surface area contributed by atoms with E-state index in [0.29, 0.717) is 18.0 Å². The van der Waals surface area contributed by atoms with Crippen molar-refractivity contribution in [2.45, 2.75) is 13.3 Å². The number of anilines is 1. The molecule has 3 amide bonds. The Labute approximate surface area is 171 Å². The van der Waals surface area contributed by atoms with Crippen LogP contribution in [0.4, 0.5) is 11.4 Å². The fourth-order valence-electron chi connectivity index (χ4n) is 3.05. The Morgan fingerprint density at radius 1 is 1.13 bits per heavy atom. The number of nitro groups is 1. The van der Waals surface area contributed by atoms with Crippen molar-refractivity contribution in [3.63, 3.8) is 0 Å². The number of nitro benzene ring substituents is 1. The maximum atomic E-state index is 12.4. The number of hydrogen-bond donors (Lipinski definition) is 2. The van der Waals surface area contributed by atoms with E-state index in [9.17, 15) is 24.5 Å². The zero-order valence-corrected chi connectivity index (χ0v) is 16.2. The van der Waals surface area contributed by atoms with Crippen molar-refractivity contribution in [1.29, 1.82) is 0 Å². The first-order valence-electron chi connectivity index (χ1n) is 9.27. The highest BCUT2D eigenvalue weighted by atomic mass is 16.6. The maximum absolute atomic E-state index is 12.4. The van der Waals surface area contributed by atoms with Crippen LogP contribution < -0.4 is 20.5 Å². The van der Waals surface area contributed by atoms with Crippen LogP contribution in [0.3, 0.4) is 0 Å². The van der Waals surface area contributed by atoms with Crippen molar-refractivity contribution in [2.24, 2.45) is 5.92 Å². The third-order valence-electron chi connectivity index (χ3n) is 4.59. The van der Waals surface area contributed by atoms with Gasteiger partial charge in [0.05, 0.1) is 17.4 Å². The van der Waals surface area contributed by atoms with Gasteiger partial charge in [-0.2, -0.15) is 0 Å². The number of ether oxygens (including phenoxy) is 1. The van der Waals surface area contributed by atoms with Crippen LogP contribution in [0.2, 0.25) is 0 Å². The molecule has 10 heteroatoms. The highest BCUT2D eigenvalue weighted by Gasteiger charge is 2.35. The topological polar surface area (TPSA) is 131 Å². The average molecular weight is 412 g/mol. The van der Waals surface area contributed by atoms with E-state index in [0.717, 1.165) is 0 Å². The van der Waals surface area contributed by atoms with Crippen molar-refractivity contribution < 1.29 is 24.0 Å². The summed E-state index contributed by atoms with van der Waals surface area (Å²) in [6, 6.07) is 12.0. The van der Waals surface area contributed by atoms with Gasteiger partial charge in [-0.1, -0.05) is 0 Å². The van der Waals surface area contributed by atoms with Crippen LogP contribution in [-0.4, -0.2) is 35.8 Å². The van der Waals surface area contributed by atoms with Crippen LogP contribution in [-0.2, 0) is 9.59 Å². The number of benzene rings is 2. The number of carbonyl (C=O) groups excluding carboxylic acids is 3. The molecule has 0 unspecified atom stereocenters. The molecule has 0 aromatic heterocycles. The Hall–Kier alpha value is -3.95. The van der Waals surface area contributed by atoms with E-state index in [4.69, 9.17) is 4.74 Å². The Kier molecular flexibility index (Phi) is 6.26. The van der Waals surface area contributed by atoms with Gasteiger partial charge in [-0.3, -0.25) is 35.3 Å². The molecule has 0 bridgehead atoms. The lowest BCUT2D eigenvalue weighted by atomic mass is 10.1. The number of carbonyl (C=O) groups is 3. The van der Waals surface area contributed by atoms with Gasteiger partial charge in [-0.15, -0.1) is 0 Å². The fourth-order valence-corrected chi connectivity index (χ4v) is 3.05. The molecular weight excluding hydrogens is 392 g/mol. The van der Waals surface area contributed by atoms with Crippen molar-refractivity contribution in [3.8, 4) is 5.75 Å². The molecule has 1 fully saturated rings. The van der Waals surface area contributed by atoms with E-state index in [1.54, 1.807) is 24.3 Å². The van der Waals surface area contributed by atoms with Gasteiger partial charge < -0.3 is 9.64 Å². The predicted molar refractivity (Wildman–Crippen MR) is 107 cm³/mol. The third-order valence-corrected chi connectivity index (χ3v) is 4.59. The normalized spacial score (nSPS) is 15.6. The molecule has 1 aliphatic heterocycles. The summed E-state index contributed by atoms with van der Waals surface area (Å²) in [5.74, 6) is -1.24. The van der Waals surface area contributed by atoms with E-state index < -0.39 is 22.7 Å². The van der Waals surface area contributed by atoms with Crippen molar-refractivity contribution in [1.82, 2.24) is 10.9 Å². The SMILES string of the molecule is CCOc1ccc(N2C[C@H](C(=O)NNC(=O)c3ccc([N+](=O)[O-])cc3)CC2=O)cc1. The van der Waals surface area contributed by atoms with Gasteiger partial charge in [0.25, 0.3) is 11.6 Å². The minimum atomic E-state index is -0.624. The van der Waals surface area contributed by atoms with Crippen LogP contribution in [0.1, 0.15) is 23.7 Å². The molecular formula is C20H20N4O6. The first-order valence-corrected chi connectivity index (χ1v) is 9.27. The Morgan fingerprint density at radius 3 is 2.40 bits per heavy atom. The summed E-state index contributed by atoms with van der Waals surface area (Å²) < 4.78 is 5.38. The molecule has 30 heavy (non-hydrogen) atoms. The van der Waals surface area contributed by atoms with E-state index in [-0.39, 0.29) is 30.1 Å². The average Bonchev–Trinajstić information content (AvgIpc) is 3.14. The summed E-state index contributed by atoms with van der Waals surface area (Å²) in [5, 5.41) is 10.7. The Balaban J connectivity index is 1.55. The second-order valence-electron chi connectivity index (χ2n) is 6.58. The van der Waals surface area contributed by atoms with Gasteiger partial charge >= 0.3 is 0 Å². The molecule has 1 saturated heterocycles. The van der Waals surface area contributed by atoms with Crippen LogP contribution in [0.5, 0.6) is 5.75 Å². The third kappa shape index (κ3) is 4.72. The van der Waals surface area contributed by atoms with Gasteiger partial charge in [-0.05, 0) is 43.3 Å². The molecule has 0 radical (unpaired) electrons. The zero-order valence-electron chi connectivity index (χ0n) is 16.2. The van der Waals surface area contributed by atoms with Crippen molar-refractivity contribution in [3.05, 3.63) is 64.2 Å². The summed E-state index contributed by atoms with van der Waals surface area (Å²) in [4.78, 5) is 48.4. The van der Waals surface area contributed by atoms with Gasteiger partial charge in [0.2, 0.25) is 11.8 Å². The van der Waals surface area contributed by atoms with E-state index in [1.165, 1.54) is 29.2 Å². The molecule has 1 heterocycles. The second kappa shape index (κ2) is 9.03. The molecule has 2 aromatic rings. The number of non-ortho nitro benzene ring substituents is 1. The Morgan fingerprint density at radius 2 is 1.80 bits per heavy atom. The molecule has 0 saturated carbocycles. The van der Waals surface area contributed by atoms with Gasteiger partial charge in [0, 0.05) is 36.3 Å². The highest BCUT2D eigenvalue weighted by molar-refractivity contribution is 6.01. The standard InChI is InChI=1S/C20H20N4O6/c1-2-30-17-9-7-15(8-10-17)23-12-14(11-18(23)25)20(27)22-21-19(26)13-3-5-16(6-4-13)24(28)29/h3-10,14H,2,11-12H2,1H3,(H,21,26)(H,22,27)/t14-/m1/s1. The van der Waals surface area contributed by atoms with Gasteiger partial charge in [-0.25, -0.2) is 0 Å². The summed E-state index contributed by atoms with van der Waals surface area (Å²) in [6.45, 7) is 2.60. The zero-order chi connectivity index (χ0) is 21.7. The van der Waals surface area contributed by atoms with E-state index in [2.05, 4.69) is 10.9 Å². The summed E-state index contributed by atoms with van der Waals surface area (Å²) in [5.41, 5.74) is 5.24. The molecule has 2 N–H and O–H groups in total. The Bertz CT molecular complexity index is 958. The first kappa shape index (κ1) is 20.8. The number of amides is 3. The molecule has 2 aromatic carbocycles. The molecule has 0 aliphatic carbocycles. The van der Waals surface area contributed by atoms with E-state index >= 15 is 0 Å². The second-order valence-corrected chi connectivity index (χ2v) is 6.58. The highest BCUT2D eigenvalue weighted by Crippen LogP contribution is 2.27. The smallest absolute Gasteiger partial charge is 0.269 e. The van der Waals surface area contributed by atoms with Gasteiger partial charge in [0.15, 0.2) is 0 Å². The van der Waals surface area contributed by atoms with Crippen molar-refractivity contribution >= 4 is 29.1 Å². The molecule has 156 valence electrons. The van der Waals surface area contributed by atoms with Crippen molar-refractivity contribution in [2.75, 3.05) is 18.1 Å². The first-order chi connectivity index (χ1) is 14.4. The lowest BCUT2D eigenvalue weighted by Crippen LogP contribution is -2.45. The number of hydrogen-bond acceptors (Lipinski definition) is 6. The fraction of sp³-hybridized carbons (Fsp3) is 0.250. The summed E-state index contributed by atoms with van der Waals surface area (Å²) >= 11 is 0. The van der Waals surface area contributed by atoms with Crippen LogP contribution in [0.25, 0.3) is 0 Å². The molecule has 3 rings (SSSR count). The summed E-state index contributed by atoms with van der Waals surface area (Å²) in [6.07, 6.45) is 0.0203. The molecule has 0 spiro atoms. The molecule has 1 aliphatic rings. The maximum Gasteiger partial charge on any atom is 0.269 e. The summed E-state index contributed by atoms with van der Waals surface area (Å²) in [7, 11) is 0. The number of nitrogens with zero attached hydrogens (tertiary/aromatic N) is 2. The lowest BCUT2D eigenvalue weighted by Gasteiger charge is -2.17. The molecule has 10 nitrogen and oxygen atoms in total. The predicted octanol–water partition coefficient (Wildman–Crippen LogP) is 1.81. The number of rotatable bonds is 6. The quantitative estimate of drug-likeness (QED) is 0.550. The number of nitrogens with one attached hydrogen (secondary N) is 2. The largest absolute Gasteiger partial charge is 0.494 e. The van der Waals surface area contributed by atoms with Crippen LogP contribution in [0.15, 0.2) is 48.5 Å². The monoisotopic (exact) mass is 412 g/mol. The van der Waals surface area contributed by atoms with Crippen LogP contribution in [0, 0.1) is 16.0 Å². The van der Waals surface area contributed by atoms with Crippen LogP contribution >= 0.6 is 0 Å². The number of hydrazine groups is 1. The minimum absolute atomic E-state index is 0.0203. The minimum Gasteiger partial charge on any atom is -0.494 e. The molecule has 1 atom stereocenters. The van der Waals surface area contributed by atoms with Gasteiger partial charge in [0.1, 0.15) is 5.75 Å².